The molecule has 0 heterocycles. The minimum atomic E-state index is -3.93. The monoisotopic (exact) mass is 363 g/mol. The fourth-order valence-electron chi connectivity index (χ4n) is 1.40. The summed E-state index contributed by atoms with van der Waals surface area (Å²) in [5.74, 6) is -2.10. The summed E-state index contributed by atoms with van der Waals surface area (Å²) in [6.07, 6.45) is 0. The Balaban J connectivity index is 3.09. The number of halogens is 1. The Kier molecular flexibility index (Phi) is 4.93. The number of sulfone groups is 1. The lowest BCUT2D eigenvalue weighted by atomic mass is 10.2. The van der Waals surface area contributed by atoms with Gasteiger partial charge in [0.25, 0.3) is 0 Å². The summed E-state index contributed by atoms with van der Waals surface area (Å²) in [7, 11) is -3.93. The van der Waals surface area contributed by atoms with Gasteiger partial charge in [0.1, 0.15) is 11.3 Å². The number of carboxylic acid groups (broad SMARTS) is 1. The van der Waals surface area contributed by atoms with Gasteiger partial charge in [0, 0.05) is 4.47 Å². The van der Waals surface area contributed by atoms with Crippen molar-refractivity contribution in [3.63, 3.8) is 0 Å². The number of benzene rings is 1. The number of aliphatic carboxylic acids is 1. The van der Waals surface area contributed by atoms with E-state index in [1.807, 2.05) is 0 Å². The van der Waals surface area contributed by atoms with Crippen molar-refractivity contribution in [3.8, 4) is 0 Å². The second-order valence-electron chi connectivity index (χ2n) is 4.54. The number of carbonyl (C=O) groups excluding carboxylic acids is 1. The highest BCUT2D eigenvalue weighted by molar-refractivity contribution is 9.10. The highest BCUT2D eigenvalue weighted by Crippen LogP contribution is 2.26. The molecule has 110 valence electrons. The molecule has 0 aliphatic heterocycles. The van der Waals surface area contributed by atoms with Crippen molar-refractivity contribution < 1.29 is 23.1 Å². The van der Waals surface area contributed by atoms with Crippen molar-refractivity contribution >= 4 is 37.6 Å². The summed E-state index contributed by atoms with van der Waals surface area (Å²) >= 11 is 3.19. The van der Waals surface area contributed by atoms with Crippen LogP contribution in [0.25, 0.3) is 0 Å². The average molecular weight is 364 g/mol. The zero-order valence-corrected chi connectivity index (χ0v) is 13.3. The number of hydrogen-bond acceptors (Lipinski definition) is 4. The lowest BCUT2D eigenvalue weighted by Gasteiger charge is -2.23. The van der Waals surface area contributed by atoms with Gasteiger partial charge in [-0.15, -0.1) is 0 Å². The van der Waals surface area contributed by atoms with Gasteiger partial charge >= 0.3 is 5.97 Å². The number of rotatable bonds is 5. The normalized spacial score (nSPS) is 11.9. The predicted molar refractivity (Wildman–Crippen MR) is 76.1 cm³/mol. The van der Waals surface area contributed by atoms with Gasteiger partial charge in [-0.2, -0.15) is 0 Å². The summed E-state index contributed by atoms with van der Waals surface area (Å²) in [6.45, 7) is 1.85. The summed E-state index contributed by atoms with van der Waals surface area (Å²) in [4.78, 5) is 22.3. The molecule has 0 radical (unpaired) electrons. The Morgan fingerprint density at radius 1 is 1.25 bits per heavy atom. The third-order valence-corrected chi connectivity index (χ3v) is 5.69. The molecule has 0 saturated heterocycles. The van der Waals surface area contributed by atoms with E-state index in [0.717, 1.165) is 0 Å². The number of amides is 1. The molecule has 2 N–H and O–H groups in total. The van der Waals surface area contributed by atoms with Crippen LogP contribution >= 0.6 is 15.9 Å². The first-order valence-electron chi connectivity index (χ1n) is 5.59. The largest absolute Gasteiger partial charge is 0.480 e. The van der Waals surface area contributed by atoms with Gasteiger partial charge in [-0.3, -0.25) is 9.59 Å². The number of nitrogens with one attached hydrogen (secondary N) is 1. The standard InChI is InChI=1S/C12H14BrNO5S/c1-12(2,11(17)14-7-10(15)16)20(18,19)9-5-3-8(13)4-6-9/h3-6H,7H2,1-2H3,(H,14,17)(H,15,16). The second-order valence-corrected chi connectivity index (χ2v) is 7.96. The predicted octanol–water partition coefficient (Wildman–Crippen LogP) is 1.20. The molecule has 0 unspecified atom stereocenters. The molecule has 20 heavy (non-hydrogen) atoms. The minimum Gasteiger partial charge on any atom is -0.480 e. The van der Waals surface area contributed by atoms with Gasteiger partial charge in [0.15, 0.2) is 9.84 Å². The van der Waals surface area contributed by atoms with Crippen LogP contribution in [0.4, 0.5) is 0 Å². The fourth-order valence-corrected chi connectivity index (χ4v) is 3.06. The Morgan fingerprint density at radius 2 is 1.75 bits per heavy atom. The molecule has 0 spiro atoms. The molecule has 0 atom stereocenters. The van der Waals surface area contributed by atoms with Gasteiger partial charge in [0.05, 0.1) is 4.90 Å². The van der Waals surface area contributed by atoms with Crippen LogP contribution < -0.4 is 5.32 Å². The summed E-state index contributed by atoms with van der Waals surface area (Å²) in [6, 6.07) is 5.87. The maximum Gasteiger partial charge on any atom is 0.322 e. The first-order valence-corrected chi connectivity index (χ1v) is 7.87. The van der Waals surface area contributed by atoms with Crippen LogP contribution in [0.1, 0.15) is 13.8 Å². The first-order chi connectivity index (χ1) is 9.09. The van der Waals surface area contributed by atoms with Crippen LogP contribution in [-0.2, 0) is 19.4 Å². The third-order valence-electron chi connectivity index (χ3n) is 2.74. The highest BCUT2D eigenvalue weighted by Gasteiger charge is 2.42. The zero-order chi connectivity index (χ0) is 15.6. The Hall–Kier alpha value is -1.41. The SMILES string of the molecule is CC(C)(C(=O)NCC(=O)O)S(=O)(=O)c1ccc(Br)cc1. The maximum atomic E-state index is 12.4. The Morgan fingerprint density at radius 3 is 2.20 bits per heavy atom. The van der Waals surface area contributed by atoms with Gasteiger partial charge in [-0.25, -0.2) is 8.42 Å². The molecule has 0 bridgehead atoms. The highest BCUT2D eigenvalue weighted by atomic mass is 79.9. The van der Waals surface area contributed by atoms with E-state index in [4.69, 9.17) is 5.11 Å². The molecule has 0 fully saturated rings. The number of carbonyl (C=O) groups is 2. The van der Waals surface area contributed by atoms with E-state index in [1.165, 1.54) is 26.0 Å². The fraction of sp³-hybridized carbons (Fsp3) is 0.333. The van der Waals surface area contributed by atoms with Crippen LogP contribution in [-0.4, -0.2) is 36.7 Å². The number of hydrogen-bond donors (Lipinski definition) is 2. The van der Waals surface area contributed by atoms with Gasteiger partial charge in [-0.05, 0) is 38.1 Å². The Bertz CT molecular complexity index is 622. The van der Waals surface area contributed by atoms with Crippen molar-refractivity contribution in [2.24, 2.45) is 0 Å². The molecule has 0 aromatic heterocycles. The van der Waals surface area contributed by atoms with E-state index in [1.54, 1.807) is 12.1 Å². The van der Waals surface area contributed by atoms with Crippen molar-refractivity contribution in [1.82, 2.24) is 5.32 Å². The van der Waals surface area contributed by atoms with Gasteiger partial charge in [0.2, 0.25) is 5.91 Å². The summed E-state index contributed by atoms with van der Waals surface area (Å²) in [5.41, 5.74) is 0. The Labute approximate surface area is 125 Å². The van der Waals surface area contributed by atoms with E-state index in [0.29, 0.717) is 4.47 Å². The van der Waals surface area contributed by atoms with Crippen LogP contribution in [0, 0.1) is 0 Å². The van der Waals surface area contributed by atoms with Crippen molar-refractivity contribution in [2.45, 2.75) is 23.5 Å². The minimum absolute atomic E-state index is 0.00354. The van der Waals surface area contributed by atoms with E-state index in [-0.39, 0.29) is 4.90 Å². The third kappa shape index (κ3) is 3.37. The molecule has 1 rings (SSSR count). The quantitative estimate of drug-likeness (QED) is 0.818. The smallest absolute Gasteiger partial charge is 0.322 e. The van der Waals surface area contributed by atoms with Gasteiger partial charge in [-0.1, -0.05) is 15.9 Å². The molecule has 0 aliphatic carbocycles. The molecule has 0 aliphatic rings. The molecule has 6 nitrogen and oxygen atoms in total. The summed E-state index contributed by atoms with van der Waals surface area (Å²) in [5, 5.41) is 10.6. The van der Waals surface area contributed by atoms with Crippen molar-refractivity contribution in [3.05, 3.63) is 28.7 Å². The molecule has 8 heteroatoms. The van der Waals surface area contributed by atoms with Crippen molar-refractivity contribution in [2.75, 3.05) is 6.54 Å². The molecule has 1 amide bonds. The molecule has 1 aromatic carbocycles. The van der Waals surface area contributed by atoms with Crippen LogP contribution in [0.15, 0.2) is 33.6 Å². The number of carboxylic acids is 1. The average Bonchev–Trinajstić information content (AvgIpc) is 2.36. The molecule has 1 aromatic rings. The van der Waals surface area contributed by atoms with E-state index in [9.17, 15) is 18.0 Å². The van der Waals surface area contributed by atoms with Crippen LogP contribution in [0.3, 0.4) is 0 Å². The molecule has 0 saturated carbocycles. The molecular formula is C12H14BrNO5S. The van der Waals surface area contributed by atoms with E-state index in [2.05, 4.69) is 21.2 Å². The molecular weight excluding hydrogens is 350 g/mol. The lowest BCUT2D eigenvalue weighted by molar-refractivity contribution is -0.138. The first kappa shape index (κ1) is 16.6. The second kappa shape index (κ2) is 5.92. The zero-order valence-electron chi connectivity index (χ0n) is 10.9. The summed E-state index contributed by atoms with van der Waals surface area (Å²) < 4.78 is 23.8. The topological polar surface area (TPSA) is 101 Å². The van der Waals surface area contributed by atoms with Crippen molar-refractivity contribution in [1.29, 1.82) is 0 Å². The van der Waals surface area contributed by atoms with Crippen LogP contribution in [0.5, 0.6) is 0 Å². The van der Waals surface area contributed by atoms with Gasteiger partial charge < -0.3 is 10.4 Å². The van der Waals surface area contributed by atoms with Crippen LogP contribution in [0.2, 0.25) is 0 Å². The van der Waals surface area contributed by atoms with E-state index >= 15 is 0 Å². The lowest BCUT2D eigenvalue weighted by Crippen LogP contribution is -2.49. The van der Waals surface area contributed by atoms with E-state index < -0.39 is 33.0 Å². The maximum absolute atomic E-state index is 12.4.